The van der Waals surface area contributed by atoms with Gasteiger partial charge in [0, 0.05) is 25.8 Å². The maximum absolute atomic E-state index is 11.9. The van der Waals surface area contributed by atoms with Gasteiger partial charge in [-0.15, -0.1) is 0 Å². The molecule has 1 rings (SSSR count). The van der Waals surface area contributed by atoms with Gasteiger partial charge in [0.15, 0.2) is 0 Å². The fourth-order valence-electron chi connectivity index (χ4n) is 1.69. The van der Waals surface area contributed by atoms with Gasteiger partial charge in [-0.25, -0.2) is 0 Å². The standard InChI is InChI=1S/C14H23N3O3/c1-11-10-12(4-5-13(11)17-15)14(18)16-6-3-7-20-9-8-19-2/h4-5,10,17H,3,6-9,15H2,1-2H3,(H,16,18). The Bertz CT molecular complexity index is 424. The maximum atomic E-state index is 11.9. The minimum absolute atomic E-state index is 0.0893. The van der Waals surface area contributed by atoms with Crippen molar-refractivity contribution in [2.24, 2.45) is 5.84 Å². The molecule has 1 amide bonds. The predicted octanol–water partition coefficient (Wildman–Crippen LogP) is 1.06. The van der Waals surface area contributed by atoms with Gasteiger partial charge < -0.3 is 20.2 Å². The third kappa shape index (κ3) is 5.56. The number of carbonyl (C=O) groups is 1. The molecule has 0 aliphatic carbocycles. The fourth-order valence-corrected chi connectivity index (χ4v) is 1.69. The lowest BCUT2D eigenvalue weighted by Crippen LogP contribution is -2.25. The monoisotopic (exact) mass is 281 g/mol. The summed E-state index contributed by atoms with van der Waals surface area (Å²) in [6, 6.07) is 5.34. The van der Waals surface area contributed by atoms with Crippen LogP contribution in [-0.2, 0) is 9.47 Å². The highest BCUT2D eigenvalue weighted by Gasteiger charge is 2.06. The predicted molar refractivity (Wildman–Crippen MR) is 78.6 cm³/mol. The molecule has 0 fully saturated rings. The van der Waals surface area contributed by atoms with E-state index in [-0.39, 0.29) is 5.91 Å². The number of hydrazine groups is 1. The first-order chi connectivity index (χ1) is 9.69. The van der Waals surface area contributed by atoms with Crippen molar-refractivity contribution >= 4 is 11.6 Å². The van der Waals surface area contributed by atoms with Crippen LogP contribution in [0, 0.1) is 6.92 Å². The molecule has 6 heteroatoms. The van der Waals surface area contributed by atoms with Crippen LogP contribution in [-0.4, -0.2) is 39.4 Å². The summed E-state index contributed by atoms with van der Waals surface area (Å²) >= 11 is 0. The molecule has 4 N–H and O–H groups in total. The van der Waals surface area contributed by atoms with E-state index in [4.69, 9.17) is 15.3 Å². The van der Waals surface area contributed by atoms with Crippen LogP contribution < -0.4 is 16.6 Å². The number of nitrogens with two attached hydrogens (primary N) is 1. The number of rotatable bonds is 9. The molecule has 0 saturated heterocycles. The zero-order valence-corrected chi connectivity index (χ0v) is 12.1. The van der Waals surface area contributed by atoms with E-state index in [1.165, 1.54) is 0 Å². The topological polar surface area (TPSA) is 85.6 Å². The van der Waals surface area contributed by atoms with Crippen LogP contribution >= 0.6 is 0 Å². The summed E-state index contributed by atoms with van der Waals surface area (Å²) in [7, 11) is 1.64. The number of aryl methyl sites for hydroxylation is 1. The number of ether oxygens (including phenoxy) is 2. The van der Waals surface area contributed by atoms with E-state index in [0.717, 1.165) is 17.7 Å². The van der Waals surface area contributed by atoms with E-state index in [9.17, 15) is 4.79 Å². The molecular formula is C14H23N3O3. The molecule has 0 unspecified atom stereocenters. The van der Waals surface area contributed by atoms with Gasteiger partial charge in [-0.1, -0.05) is 0 Å². The molecule has 0 aromatic heterocycles. The number of carbonyl (C=O) groups excluding carboxylic acids is 1. The minimum atomic E-state index is -0.0893. The molecule has 0 heterocycles. The number of hydrogen-bond acceptors (Lipinski definition) is 5. The number of amides is 1. The van der Waals surface area contributed by atoms with Crippen molar-refractivity contribution in [3.05, 3.63) is 29.3 Å². The number of methoxy groups -OCH3 is 1. The van der Waals surface area contributed by atoms with Crippen LogP contribution in [0.25, 0.3) is 0 Å². The first-order valence-corrected chi connectivity index (χ1v) is 6.61. The summed E-state index contributed by atoms with van der Waals surface area (Å²) in [5.41, 5.74) is 4.95. The average molecular weight is 281 g/mol. The third-order valence-corrected chi connectivity index (χ3v) is 2.83. The number of anilines is 1. The van der Waals surface area contributed by atoms with E-state index >= 15 is 0 Å². The Morgan fingerprint density at radius 3 is 2.75 bits per heavy atom. The highest BCUT2D eigenvalue weighted by molar-refractivity contribution is 5.94. The lowest BCUT2D eigenvalue weighted by molar-refractivity contribution is 0.0688. The highest BCUT2D eigenvalue weighted by atomic mass is 16.5. The van der Waals surface area contributed by atoms with Gasteiger partial charge in [0.25, 0.3) is 5.91 Å². The SMILES string of the molecule is COCCOCCCNC(=O)c1ccc(NN)c(C)c1. The summed E-state index contributed by atoms with van der Waals surface area (Å²) in [6.07, 6.45) is 0.775. The number of benzene rings is 1. The molecule has 0 bridgehead atoms. The van der Waals surface area contributed by atoms with Gasteiger partial charge in [0.1, 0.15) is 0 Å². The average Bonchev–Trinajstić information content (AvgIpc) is 2.46. The highest BCUT2D eigenvalue weighted by Crippen LogP contribution is 2.14. The Morgan fingerprint density at radius 2 is 2.10 bits per heavy atom. The van der Waals surface area contributed by atoms with Crippen molar-refractivity contribution in [1.29, 1.82) is 0 Å². The van der Waals surface area contributed by atoms with Gasteiger partial charge in [-0.3, -0.25) is 10.6 Å². The van der Waals surface area contributed by atoms with Gasteiger partial charge in [-0.05, 0) is 37.1 Å². The normalized spacial score (nSPS) is 10.3. The van der Waals surface area contributed by atoms with E-state index in [1.54, 1.807) is 25.3 Å². The van der Waals surface area contributed by atoms with Gasteiger partial charge in [-0.2, -0.15) is 0 Å². The van der Waals surface area contributed by atoms with E-state index in [2.05, 4.69) is 10.7 Å². The van der Waals surface area contributed by atoms with Crippen LogP contribution in [0.5, 0.6) is 0 Å². The third-order valence-electron chi connectivity index (χ3n) is 2.83. The van der Waals surface area contributed by atoms with E-state index in [0.29, 0.717) is 31.9 Å². The van der Waals surface area contributed by atoms with Crippen molar-refractivity contribution in [2.75, 3.05) is 38.9 Å². The van der Waals surface area contributed by atoms with Gasteiger partial charge >= 0.3 is 0 Å². The molecule has 6 nitrogen and oxygen atoms in total. The summed E-state index contributed by atoms with van der Waals surface area (Å²) in [5.74, 6) is 5.26. The van der Waals surface area contributed by atoms with Crippen molar-refractivity contribution < 1.29 is 14.3 Å². The van der Waals surface area contributed by atoms with Crippen molar-refractivity contribution in [1.82, 2.24) is 5.32 Å². The summed E-state index contributed by atoms with van der Waals surface area (Å²) < 4.78 is 10.2. The van der Waals surface area contributed by atoms with Crippen molar-refractivity contribution in [3.63, 3.8) is 0 Å². The molecule has 112 valence electrons. The minimum Gasteiger partial charge on any atom is -0.382 e. The maximum Gasteiger partial charge on any atom is 0.251 e. The van der Waals surface area contributed by atoms with E-state index < -0.39 is 0 Å². The molecule has 20 heavy (non-hydrogen) atoms. The molecule has 0 aliphatic heterocycles. The first-order valence-electron chi connectivity index (χ1n) is 6.61. The Hall–Kier alpha value is -1.63. The lowest BCUT2D eigenvalue weighted by Gasteiger charge is -2.09. The van der Waals surface area contributed by atoms with Crippen LogP contribution in [0.1, 0.15) is 22.3 Å². The number of nitrogen functional groups attached to an aromatic ring is 1. The number of nitrogens with one attached hydrogen (secondary N) is 2. The Labute approximate surface area is 119 Å². The quantitative estimate of drug-likeness (QED) is 0.358. The molecule has 0 radical (unpaired) electrons. The Morgan fingerprint density at radius 1 is 1.30 bits per heavy atom. The molecule has 1 aromatic rings. The van der Waals surface area contributed by atoms with Gasteiger partial charge in [0.2, 0.25) is 0 Å². The van der Waals surface area contributed by atoms with Crippen LogP contribution in [0.4, 0.5) is 5.69 Å². The van der Waals surface area contributed by atoms with Crippen LogP contribution in [0.15, 0.2) is 18.2 Å². The summed E-state index contributed by atoms with van der Waals surface area (Å²) in [5, 5.41) is 2.85. The second kappa shape index (κ2) is 9.30. The lowest BCUT2D eigenvalue weighted by atomic mass is 10.1. The zero-order valence-electron chi connectivity index (χ0n) is 12.1. The molecule has 0 atom stereocenters. The molecule has 0 spiro atoms. The summed E-state index contributed by atoms with van der Waals surface area (Å²) in [4.78, 5) is 11.9. The van der Waals surface area contributed by atoms with Gasteiger partial charge in [0.05, 0.1) is 18.9 Å². The molecule has 1 aromatic carbocycles. The van der Waals surface area contributed by atoms with Crippen molar-refractivity contribution in [2.45, 2.75) is 13.3 Å². The van der Waals surface area contributed by atoms with E-state index in [1.807, 2.05) is 6.92 Å². The summed E-state index contributed by atoms with van der Waals surface area (Å²) in [6.45, 7) is 4.26. The molecule has 0 saturated carbocycles. The van der Waals surface area contributed by atoms with Crippen molar-refractivity contribution in [3.8, 4) is 0 Å². The molecular weight excluding hydrogens is 258 g/mol. The number of hydrogen-bond donors (Lipinski definition) is 3. The smallest absolute Gasteiger partial charge is 0.251 e. The largest absolute Gasteiger partial charge is 0.382 e. The zero-order chi connectivity index (χ0) is 14.8. The molecule has 0 aliphatic rings. The van der Waals surface area contributed by atoms with Crippen LogP contribution in [0.3, 0.4) is 0 Å². The fraction of sp³-hybridized carbons (Fsp3) is 0.500. The second-order valence-electron chi connectivity index (χ2n) is 4.39. The Balaban J connectivity index is 2.27. The van der Waals surface area contributed by atoms with Crippen LogP contribution in [0.2, 0.25) is 0 Å². The Kier molecular flexibility index (Phi) is 7.64. The second-order valence-corrected chi connectivity index (χ2v) is 4.39. The first kappa shape index (κ1) is 16.4.